The van der Waals surface area contributed by atoms with E-state index in [-0.39, 0.29) is 5.92 Å². The Kier molecular flexibility index (Phi) is 4.32. The van der Waals surface area contributed by atoms with Crippen molar-refractivity contribution in [3.8, 4) is 12.1 Å². The lowest BCUT2D eigenvalue weighted by molar-refractivity contribution is 0.145. The van der Waals surface area contributed by atoms with Crippen LogP contribution in [0, 0.1) is 28.6 Å². The number of hydrogen-bond donors (Lipinski definition) is 1. The zero-order chi connectivity index (χ0) is 14.7. The average molecular weight is 272 g/mol. The number of nitriles is 2. The molecule has 20 heavy (non-hydrogen) atoms. The van der Waals surface area contributed by atoms with Gasteiger partial charge in [-0.05, 0) is 24.3 Å². The van der Waals surface area contributed by atoms with E-state index in [1.807, 2.05) is 0 Å². The lowest BCUT2D eigenvalue weighted by Crippen LogP contribution is -2.44. The highest BCUT2D eigenvalue weighted by molar-refractivity contribution is 5.55. The van der Waals surface area contributed by atoms with Crippen LogP contribution in [0.5, 0.6) is 0 Å². The highest BCUT2D eigenvalue weighted by Crippen LogP contribution is 2.40. The summed E-state index contributed by atoms with van der Waals surface area (Å²) in [6.45, 7) is 0. The predicted octanol–water partition coefficient (Wildman–Crippen LogP) is 2.00. The van der Waals surface area contributed by atoms with Gasteiger partial charge in [0.15, 0.2) is 0 Å². The molecule has 1 unspecified atom stereocenters. The number of likely N-dealkylation sites (N-methyl/N-ethyl adjacent to an activating group) is 1. The van der Waals surface area contributed by atoms with Gasteiger partial charge in [0.2, 0.25) is 5.88 Å². The van der Waals surface area contributed by atoms with Crippen molar-refractivity contribution in [3.63, 3.8) is 0 Å². The van der Waals surface area contributed by atoms with Crippen molar-refractivity contribution in [2.75, 3.05) is 14.2 Å². The molecule has 0 amide bonds. The van der Waals surface area contributed by atoms with Crippen molar-refractivity contribution >= 4 is 0 Å². The van der Waals surface area contributed by atoms with Crippen LogP contribution < -0.4 is 5.73 Å². The zero-order valence-electron chi connectivity index (χ0n) is 12.0. The van der Waals surface area contributed by atoms with E-state index < -0.39 is 6.17 Å². The largest absolute Gasteiger partial charge is 0.481 e. The second kappa shape index (κ2) is 5.98. The van der Waals surface area contributed by atoms with Gasteiger partial charge in [0.1, 0.15) is 17.8 Å². The lowest BCUT2D eigenvalue weighted by Gasteiger charge is -2.36. The summed E-state index contributed by atoms with van der Waals surface area (Å²) in [5.74, 6) is 0.720. The predicted molar refractivity (Wildman–Crippen MR) is 74.6 cm³/mol. The molecule has 1 aliphatic carbocycles. The minimum absolute atomic E-state index is 0.248. The van der Waals surface area contributed by atoms with Crippen LogP contribution in [0.4, 0.5) is 0 Å². The third-order valence-corrected chi connectivity index (χ3v) is 4.25. The monoisotopic (exact) mass is 272 g/mol. The molecule has 106 valence electrons. The van der Waals surface area contributed by atoms with Crippen molar-refractivity contribution in [2.24, 2.45) is 11.7 Å². The fourth-order valence-corrected chi connectivity index (χ4v) is 3.20. The van der Waals surface area contributed by atoms with Gasteiger partial charge in [0, 0.05) is 7.05 Å². The number of ether oxygens (including phenoxy) is 1. The number of nitrogens with two attached hydrogens (primary N) is 1. The van der Waals surface area contributed by atoms with Crippen LogP contribution in [0.25, 0.3) is 0 Å². The highest BCUT2D eigenvalue weighted by Gasteiger charge is 2.36. The Balaban J connectivity index is 2.56. The van der Waals surface area contributed by atoms with E-state index in [0.29, 0.717) is 17.0 Å². The molecule has 0 spiro atoms. The zero-order valence-corrected chi connectivity index (χ0v) is 12.0. The van der Waals surface area contributed by atoms with Gasteiger partial charge in [0.05, 0.1) is 18.8 Å². The molecule has 2 aliphatic rings. The topological polar surface area (TPSA) is 86.1 Å². The van der Waals surface area contributed by atoms with Crippen LogP contribution in [-0.2, 0) is 4.74 Å². The molecule has 1 atom stereocenters. The minimum Gasteiger partial charge on any atom is -0.481 e. The second-order valence-corrected chi connectivity index (χ2v) is 5.33. The molecule has 1 fully saturated rings. The van der Waals surface area contributed by atoms with Gasteiger partial charge in [-0.1, -0.05) is 19.3 Å². The molecule has 0 bridgehead atoms. The Labute approximate surface area is 119 Å². The van der Waals surface area contributed by atoms with Crippen molar-refractivity contribution in [1.82, 2.24) is 4.90 Å². The molecule has 0 saturated heterocycles. The molecule has 1 aliphatic heterocycles. The Morgan fingerprint density at radius 1 is 1.20 bits per heavy atom. The Bertz CT molecular complexity index is 529. The fraction of sp³-hybridized carbons (Fsp3) is 0.600. The summed E-state index contributed by atoms with van der Waals surface area (Å²) in [4.78, 5) is 1.66. The van der Waals surface area contributed by atoms with E-state index >= 15 is 0 Å². The molecule has 5 nitrogen and oxygen atoms in total. The second-order valence-electron chi connectivity index (χ2n) is 5.33. The Morgan fingerprint density at radius 3 is 2.35 bits per heavy atom. The van der Waals surface area contributed by atoms with E-state index in [2.05, 4.69) is 12.1 Å². The average Bonchev–Trinajstić information content (AvgIpc) is 2.50. The van der Waals surface area contributed by atoms with Gasteiger partial charge in [0.25, 0.3) is 0 Å². The molecule has 0 aromatic heterocycles. The van der Waals surface area contributed by atoms with Gasteiger partial charge in [-0.3, -0.25) is 0 Å². The van der Waals surface area contributed by atoms with Crippen LogP contribution >= 0.6 is 0 Å². The first-order valence-corrected chi connectivity index (χ1v) is 6.97. The quantitative estimate of drug-likeness (QED) is 0.830. The summed E-state index contributed by atoms with van der Waals surface area (Å²) < 4.78 is 5.35. The van der Waals surface area contributed by atoms with Gasteiger partial charge >= 0.3 is 0 Å². The Morgan fingerprint density at radius 2 is 1.85 bits per heavy atom. The maximum atomic E-state index is 9.51. The van der Waals surface area contributed by atoms with Crippen LogP contribution in [0.15, 0.2) is 22.6 Å². The third-order valence-electron chi connectivity index (χ3n) is 4.25. The SMILES string of the molecule is COC1=C(C#N)C(C2CCCCC2)=C(C#N)C(N)N1C. The van der Waals surface area contributed by atoms with E-state index in [0.717, 1.165) is 31.3 Å². The first-order chi connectivity index (χ1) is 9.65. The smallest absolute Gasteiger partial charge is 0.209 e. The van der Waals surface area contributed by atoms with Crippen LogP contribution in [0.2, 0.25) is 0 Å². The third kappa shape index (κ3) is 2.26. The molecule has 5 heteroatoms. The molecule has 1 saturated carbocycles. The lowest BCUT2D eigenvalue weighted by atomic mass is 9.77. The molecule has 2 N–H and O–H groups in total. The maximum absolute atomic E-state index is 9.51. The molecular weight excluding hydrogens is 252 g/mol. The summed E-state index contributed by atoms with van der Waals surface area (Å²) in [5, 5.41) is 19.0. The summed E-state index contributed by atoms with van der Waals surface area (Å²) in [6, 6.07) is 4.43. The number of methoxy groups -OCH3 is 1. The molecule has 0 radical (unpaired) electrons. The minimum atomic E-state index is -0.538. The maximum Gasteiger partial charge on any atom is 0.209 e. The molecular formula is C15H20N4O. The van der Waals surface area contributed by atoms with E-state index in [1.165, 1.54) is 13.5 Å². The molecule has 1 heterocycles. The number of nitrogens with zero attached hydrogens (tertiary/aromatic N) is 3. The van der Waals surface area contributed by atoms with Gasteiger partial charge in [-0.25, -0.2) is 0 Å². The van der Waals surface area contributed by atoms with Crippen LogP contribution in [-0.4, -0.2) is 25.2 Å². The van der Waals surface area contributed by atoms with E-state index in [4.69, 9.17) is 10.5 Å². The van der Waals surface area contributed by atoms with Crippen molar-refractivity contribution in [1.29, 1.82) is 10.5 Å². The summed E-state index contributed by atoms with van der Waals surface area (Å²) in [5.41, 5.74) is 7.94. The van der Waals surface area contributed by atoms with E-state index in [1.54, 1.807) is 11.9 Å². The van der Waals surface area contributed by atoms with Crippen molar-refractivity contribution in [3.05, 3.63) is 22.6 Å². The normalized spacial score (nSPS) is 24.4. The number of rotatable bonds is 2. The van der Waals surface area contributed by atoms with Crippen LogP contribution in [0.1, 0.15) is 32.1 Å². The number of hydrogen-bond acceptors (Lipinski definition) is 5. The summed E-state index contributed by atoms with van der Waals surface area (Å²) >= 11 is 0. The molecule has 0 aromatic rings. The Hall–Kier alpha value is -1.98. The number of allylic oxidation sites excluding steroid dienone is 2. The van der Waals surface area contributed by atoms with Gasteiger partial charge < -0.3 is 15.4 Å². The standard InChI is InChI=1S/C15H20N4O/c1-19-14(18)11(8-16)13(10-6-4-3-5-7-10)12(9-17)15(19)20-2/h10,14H,3-7,18H2,1-2H3. The molecule has 0 aromatic carbocycles. The van der Waals surface area contributed by atoms with Crippen LogP contribution in [0.3, 0.4) is 0 Å². The molecule has 2 rings (SSSR count). The van der Waals surface area contributed by atoms with Crippen molar-refractivity contribution < 1.29 is 4.74 Å². The van der Waals surface area contributed by atoms with Gasteiger partial charge in [-0.15, -0.1) is 0 Å². The summed E-state index contributed by atoms with van der Waals surface area (Å²) in [6.07, 6.45) is 4.99. The van der Waals surface area contributed by atoms with Gasteiger partial charge in [-0.2, -0.15) is 10.5 Å². The van der Waals surface area contributed by atoms with Crippen molar-refractivity contribution in [2.45, 2.75) is 38.3 Å². The fourth-order valence-electron chi connectivity index (χ4n) is 3.20. The first kappa shape index (κ1) is 14.4. The highest BCUT2D eigenvalue weighted by atomic mass is 16.5. The summed E-state index contributed by atoms with van der Waals surface area (Å²) in [7, 11) is 3.28. The van der Waals surface area contributed by atoms with E-state index in [9.17, 15) is 10.5 Å². The first-order valence-electron chi connectivity index (χ1n) is 6.97.